The van der Waals surface area contributed by atoms with Crippen molar-refractivity contribution in [1.82, 2.24) is 14.8 Å². The fourth-order valence-electron chi connectivity index (χ4n) is 4.52. The molecule has 2 aromatic heterocycles. The number of hydrogen-bond acceptors (Lipinski definition) is 5. The van der Waals surface area contributed by atoms with Crippen LogP contribution in [0.5, 0.6) is 5.75 Å². The molecule has 36 heavy (non-hydrogen) atoms. The molecule has 8 nitrogen and oxygen atoms in total. The summed E-state index contributed by atoms with van der Waals surface area (Å²) in [5.41, 5.74) is 2.55. The number of pyridine rings is 1. The van der Waals surface area contributed by atoms with Crippen LogP contribution in [0.2, 0.25) is 0 Å². The van der Waals surface area contributed by atoms with Gasteiger partial charge in [-0.25, -0.2) is 9.48 Å². The first-order valence-corrected chi connectivity index (χ1v) is 12.3. The lowest BCUT2D eigenvalue weighted by Gasteiger charge is -2.32. The smallest absolute Gasteiger partial charge is 0.449 e. The van der Waals surface area contributed by atoms with Crippen molar-refractivity contribution in [2.45, 2.75) is 52.5 Å². The van der Waals surface area contributed by atoms with Crippen LogP contribution in [-0.4, -0.2) is 38.0 Å². The van der Waals surface area contributed by atoms with E-state index in [0.717, 1.165) is 36.9 Å². The summed E-state index contributed by atoms with van der Waals surface area (Å²) in [5, 5.41) is 13.9. The molecule has 0 saturated heterocycles. The summed E-state index contributed by atoms with van der Waals surface area (Å²) in [4.78, 5) is 30.8. The van der Waals surface area contributed by atoms with Crippen LogP contribution in [0.1, 0.15) is 57.7 Å². The van der Waals surface area contributed by atoms with Crippen molar-refractivity contribution in [2.75, 3.05) is 4.90 Å². The fraction of sp³-hybridized carbons (Fsp3) is 0.357. The van der Waals surface area contributed by atoms with Crippen molar-refractivity contribution >= 4 is 30.0 Å². The Morgan fingerprint density at radius 1 is 1.08 bits per heavy atom. The summed E-state index contributed by atoms with van der Waals surface area (Å²) in [6.45, 7) is 6.01. The molecule has 0 atom stereocenters. The number of aromatic nitrogens is 3. The fourth-order valence-corrected chi connectivity index (χ4v) is 4.52. The topological polar surface area (TPSA) is 97.5 Å². The highest BCUT2D eigenvalue weighted by Crippen LogP contribution is 2.35. The molecular weight excluding hydrogens is 456 g/mol. The number of hydrogen-bond donors (Lipinski definition) is 1. The summed E-state index contributed by atoms with van der Waals surface area (Å²) in [7, 11) is 0. The molecule has 188 valence electrons. The summed E-state index contributed by atoms with van der Waals surface area (Å²) in [6, 6.07) is 13.1. The highest BCUT2D eigenvalue weighted by molar-refractivity contribution is 5.96. The van der Waals surface area contributed by atoms with Gasteiger partial charge in [-0.3, -0.25) is 14.7 Å². The second kappa shape index (κ2) is 11.2. The Kier molecular flexibility index (Phi) is 7.83. The first-order valence-electron chi connectivity index (χ1n) is 12.3. The van der Waals surface area contributed by atoms with Crippen molar-refractivity contribution in [2.24, 2.45) is 11.8 Å². The van der Waals surface area contributed by atoms with Crippen LogP contribution in [0.4, 0.5) is 10.6 Å². The summed E-state index contributed by atoms with van der Waals surface area (Å²) >= 11 is 0. The van der Waals surface area contributed by atoms with Gasteiger partial charge < -0.3 is 9.84 Å². The molecule has 1 aromatic carbocycles. The Hall–Kier alpha value is -3.94. The highest BCUT2D eigenvalue weighted by atomic mass is 16.7. The summed E-state index contributed by atoms with van der Waals surface area (Å²) in [5.74, 6) is 0.737. The Labute approximate surface area is 211 Å². The lowest BCUT2D eigenvalue weighted by molar-refractivity contribution is -0.124. The highest BCUT2D eigenvalue weighted by Gasteiger charge is 2.34. The molecule has 1 saturated carbocycles. The van der Waals surface area contributed by atoms with Gasteiger partial charge >= 0.3 is 6.16 Å². The van der Waals surface area contributed by atoms with Gasteiger partial charge in [0.05, 0.1) is 17.6 Å². The number of benzene rings is 1. The summed E-state index contributed by atoms with van der Waals surface area (Å²) < 4.78 is 6.61. The van der Waals surface area contributed by atoms with Gasteiger partial charge in [0.2, 0.25) is 11.7 Å². The molecule has 2 heterocycles. The minimum Gasteiger partial charge on any atom is -0.449 e. The lowest BCUT2D eigenvalue weighted by Crippen LogP contribution is -2.42. The van der Waals surface area contributed by atoms with Gasteiger partial charge in [-0.1, -0.05) is 31.2 Å². The van der Waals surface area contributed by atoms with E-state index < -0.39 is 6.16 Å². The molecule has 1 aliphatic rings. The van der Waals surface area contributed by atoms with Crippen LogP contribution < -0.4 is 9.64 Å². The number of carbonyl (C=O) groups is 2. The van der Waals surface area contributed by atoms with E-state index in [9.17, 15) is 14.7 Å². The zero-order valence-corrected chi connectivity index (χ0v) is 20.9. The van der Waals surface area contributed by atoms with Gasteiger partial charge in [0.1, 0.15) is 0 Å². The molecule has 1 N–H and O–H groups in total. The van der Waals surface area contributed by atoms with Crippen molar-refractivity contribution in [3.8, 4) is 11.4 Å². The number of nitrogens with zero attached hydrogens (tertiary/aromatic N) is 4. The van der Waals surface area contributed by atoms with E-state index in [1.165, 1.54) is 6.20 Å². The molecule has 0 unspecified atom stereocenters. The predicted molar refractivity (Wildman–Crippen MR) is 139 cm³/mol. The van der Waals surface area contributed by atoms with Crippen LogP contribution in [0.15, 0.2) is 54.9 Å². The molecule has 0 bridgehead atoms. The Morgan fingerprint density at radius 3 is 2.42 bits per heavy atom. The van der Waals surface area contributed by atoms with Crippen LogP contribution in [0, 0.1) is 11.8 Å². The average Bonchev–Trinajstić information content (AvgIpc) is 3.26. The lowest BCUT2D eigenvalue weighted by atomic mass is 9.82. The van der Waals surface area contributed by atoms with Crippen LogP contribution >= 0.6 is 0 Å². The van der Waals surface area contributed by atoms with Crippen LogP contribution in [0.25, 0.3) is 17.8 Å². The van der Waals surface area contributed by atoms with Gasteiger partial charge in [0, 0.05) is 18.2 Å². The second-order valence-corrected chi connectivity index (χ2v) is 9.57. The number of amides is 1. The quantitative estimate of drug-likeness (QED) is 0.406. The Balaban J connectivity index is 1.61. The third kappa shape index (κ3) is 6.00. The number of carboxylic acid groups (broad SMARTS) is 1. The average molecular weight is 489 g/mol. The molecule has 1 aliphatic carbocycles. The maximum absolute atomic E-state index is 13.5. The molecule has 0 aliphatic heterocycles. The summed E-state index contributed by atoms with van der Waals surface area (Å²) in [6.07, 6.45) is 9.37. The predicted octanol–water partition coefficient (Wildman–Crippen LogP) is 6.06. The van der Waals surface area contributed by atoms with Gasteiger partial charge in [0.25, 0.3) is 0 Å². The Morgan fingerprint density at radius 2 is 1.81 bits per heavy atom. The van der Waals surface area contributed by atoms with Crippen molar-refractivity contribution in [3.05, 3.63) is 66.1 Å². The van der Waals surface area contributed by atoms with Crippen molar-refractivity contribution in [1.29, 1.82) is 0 Å². The number of ether oxygens (including phenoxy) is 1. The van der Waals surface area contributed by atoms with E-state index in [0.29, 0.717) is 11.6 Å². The Bertz CT molecular complexity index is 1210. The van der Waals surface area contributed by atoms with E-state index >= 15 is 0 Å². The van der Waals surface area contributed by atoms with Gasteiger partial charge in [-0.05, 0) is 81.4 Å². The number of anilines is 1. The molecule has 0 radical (unpaired) electrons. The first kappa shape index (κ1) is 25.2. The SMILES string of the molecule is CC1CCC(C(=O)N(c2nn(-c3ccc(C=Cc4ccccn4)cc3)cc2OC(=O)O)C(C)C)CC1. The van der Waals surface area contributed by atoms with Crippen LogP contribution in [0.3, 0.4) is 0 Å². The first-order chi connectivity index (χ1) is 17.3. The maximum atomic E-state index is 13.5. The number of rotatable bonds is 7. The van der Waals surface area contributed by atoms with Crippen molar-refractivity contribution < 1.29 is 19.4 Å². The third-order valence-corrected chi connectivity index (χ3v) is 6.50. The normalized spacial score (nSPS) is 17.9. The van der Waals surface area contributed by atoms with Gasteiger partial charge in [0.15, 0.2) is 5.75 Å². The standard InChI is InChI=1S/C28H32N4O4/c1-19(2)32(27(33)22-12-7-20(3)8-13-22)26-25(36-28(34)35)18-31(30-26)24-15-10-21(11-16-24)9-14-23-6-4-5-17-29-23/h4-6,9-11,14-20,22H,7-8,12-13H2,1-3H3,(H,34,35). The zero-order chi connectivity index (χ0) is 25.7. The molecular formula is C28H32N4O4. The van der Waals surface area contributed by atoms with E-state index in [-0.39, 0.29) is 29.4 Å². The largest absolute Gasteiger partial charge is 0.511 e. The zero-order valence-electron chi connectivity index (χ0n) is 20.9. The van der Waals surface area contributed by atoms with Gasteiger partial charge in [-0.15, -0.1) is 5.10 Å². The third-order valence-electron chi connectivity index (χ3n) is 6.50. The molecule has 8 heteroatoms. The molecule has 4 rings (SSSR count). The molecule has 3 aromatic rings. The van der Waals surface area contributed by atoms with Crippen molar-refractivity contribution in [3.63, 3.8) is 0 Å². The van der Waals surface area contributed by atoms with Crippen LogP contribution in [-0.2, 0) is 4.79 Å². The van der Waals surface area contributed by atoms with E-state index in [2.05, 4.69) is 17.0 Å². The van der Waals surface area contributed by atoms with E-state index in [1.54, 1.807) is 15.8 Å². The van der Waals surface area contributed by atoms with E-state index in [1.807, 2.05) is 68.5 Å². The number of carbonyl (C=O) groups excluding carboxylic acids is 1. The second-order valence-electron chi connectivity index (χ2n) is 9.57. The maximum Gasteiger partial charge on any atom is 0.511 e. The van der Waals surface area contributed by atoms with Gasteiger partial charge in [-0.2, -0.15) is 0 Å². The minimum atomic E-state index is -1.45. The molecule has 0 spiro atoms. The van der Waals surface area contributed by atoms with E-state index in [4.69, 9.17) is 4.74 Å². The monoisotopic (exact) mass is 488 g/mol. The minimum absolute atomic E-state index is 0.0348. The molecule has 1 fully saturated rings. The molecule has 1 amide bonds.